The predicted molar refractivity (Wildman–Crippen MR) is 120 cm³/mol. The maximum absolute atomic E-state index is 12.4. The number of aliphatic hydroxyl groups is 4. The van der Waals surface area contributed by atoms with Crippen LogP contribution < -0.4 is 0 Å². The highest BCUT2D eigenvalue weighted by Crippen LogP contribution is 2.56. The van der Waals surface area contributed by atoms with Gasteiger partial charge in [-0.25, -0.2) is 8.98 Å². The molecule has 9 unspecified atom stereocenters. The summed E-state index contributed by atoms with van der Waals surface area (Å²) in [6, 6.07) is 0. The van der Waals surface area contributed by atoms with Crippen LogP contribution in [0.5, 0.6) is 0 Å². The van der Waals surface area contributed by atoms with Crippen LogP contribution >= 0.6 is 0 Å². The second-order valence-electron chi connectivity index (χ2n) is 11.1. The smallest absolute Gasteiger partial charge is 0.397 e. The molecule has 0 amide bonds. The molecule has 15 heteroatoms. The van der Waals surface area contributed by atoms with Crippen molar-refractivity contribution in [2.45, 2.75) is 108 Å². The van der Waals surface area contributed by atoms with E-state index in [1.54, 1.807) is 0 Å². The van der Waals surface area contributed by atoms with E-state index in [2.05, 4.69) is 4.18 Å². The van der Waals surface area contributed by atoms with Gasteiger partial charge in [0, 0.05) is 12.5 Å². The summed E-state index contributed by atoms with van der Waals surface area (Å²) < 4.78 is 59.0. The molecule has 36 heavy (non-hydrogen) atoms. The van der Waals surface area contributed by atoms with E-state index in [4.69, 9.17) is 23.5 Å². The number of rotatable bonds is 7. The third kappa shape index (κ3) is 4.27. The number of methoxy groups -OCH3 is 1. The molecular weight excluding hydrogens is 508 g/mol. The zero-order chi connectivity index (χ0) is 28.6. The normalized spacial score (nSPS) is 49.6. The van der Waals surface area contributed by atoms with Crippen molar-refractivity contribution in [3.8, 4) is 0 Å². The molecule has 0 aromatic rings. The Labute approximate surface area is 210 Å². The third-order valence-corrected chi connectivity index (χ3v) is 8.88. The summed E-state index contributed by atoms with van der Waals surface area (Å²) in [5.74, 6) is -1.66. The van der Waals surface area contributed by atoms with Gasteiger partial charge in [-0.05, 0) is 41.5 Å². The van der Waals surface area contributed by atoms with E-state index < -0.39 is 80.7 Å². The zero-order valence-electron chi connectivity index (χ0n) is 21.8. The molecule has 2 aliphatic heterocycles. The quantitative estimate of drug-likeness (QED) is 0.215. The highest BCUT2D eigenvalue weighted by Gasteiger charge is 2.76. The zero-order valence-corrected chi connectivity index (χ0v) is 22.6. The maximum atomic E-state index is 12.4. The molecule has 0 aromatic heterocycles. The van der Waals surface area contributed by atoms with Gasteiger partial charge in [0.05, 0.1) is 0 Å². The number of hydrogen-bond donors (Lipinski definition) is 6. The van der Waals surface area contributed by atoms with Gasteiger partial charge >= 0.3 is 16.4 Å². The number of carbonyl (C=O) groups is 1. The first-order valence-corrected chi connectivity index (χ1v) is 12.4. The van der Waals surface area contributed by atoms with Crippen molar-refractivity contribution in [3.63, 3.8) is 0 Å². The van der Waals surface area contributed by atoms with Crippen LogP contribution in [-0.4, -0.2) is 110 Å². The molecule has 2 rings (SSSR count). The lowest BCUT2D eigenvalue weighted by atomic mass is 9.62. The van der Waals surface area contributed by atoms with E-state index in [1.165, 1.54) is 34.8 Å². The molecule has 2 aliphatic rings. The van der Waals surface area contributed by atoms with E-state index in [-0.39, 0.29) is 0 Å². The van der Waals surface area contributed by atoms with Crippen LogP contribution in [0, 0.1) is 5.41 Å². The fourth-order valence-corrected chi connectivity index (χ4v) is 5.29. The SMILES string of the molecule is COC1C(C)(COS(=O)(=O)O)OC(OC2(C)C(C)(C(=O)O)OC(O)C(C)(O)C2(C)O)C(C)(C)C1(C)O. The lowest BCUT2D eigenvalue weighted by Gasteiger charge is -2.64. The average Bonchev–Trinajstić information content (AvgIpc) is 2.69. The summed E-state index contributed by atoms with van der Waals surface area (Å²) in [7, 11) is -3.71. The highest BCUT2D eigenvalue weighted by molar-refractivity contribution is 7.80. The minimum absolute atomic E-state index is 0.854. The van der Waals surface area contributed by atoms with E-state index >= 15 is 0 Å². The molecule has 2 fully saturated rings. The van der Waals surface area contributed by atoms with Gasteiger partial charge in [0.2, 0.25) is 0 Å². The summed E-state index contributed by atoms with van der Waals surface area (Å²) in [6.45, 7) is 8.99. The van der Waals surface area contributed by atoms with Crippen LogP contribution in [0.3, 0.4) is 0 Å². The first-order chi connectivity index (χ1) is 15.8. The lowest BCUT2D eigenvalue weighted by molar-refractivity contribution is -0.453. The molecule has 0 spiro atoms. The lowest BCUT2D eigenvalue weighted by Crippen LogP contribution is -2.84. The van der Waals surface area contributed by atoms with Crippen molar-refractivity contribution in [2.24, 2.45) is 5.41 Å². The minimum Gasteiger partial charge on any atom is -0.479 e. The van der Waals surface area contributed by atoms with Crippen molar-refractivity contribution in [1.29, 1.82) is 0 Å². The topological polar surface area (TPSA) is 219 Å². The third-order valence-electron chi connectivity index (χ3n) is 8.47. The van der Waals surface area contributed by atoms with Crippen LogP contribution in [0.1, 0.15) is 55.4 Å². The monoisotopic (exact) mass is 546 g/mol. The van der Waals surface area contributed by atoms with Crippen LogP contribution in [-0.2, 0) is 38.3 Å². The number of aliphatic hydroxyl groups excluding tert-OH is 1. The largest absolute Gasteiger partial charge is 0.479 e. The van der Waals surface area contributed by atoms with Crippen LogP contribution in [0.2, 0.25) is 0 Å². The van der Waals surface area contributed by atoms with Crippen LogP contribution in [0.4, 0.5) is 0 Å². The van der Waals surface area contributed by atoms with E-state index in [1.807, 2.05) is 0 Å². The number of carboxylic acids is 1. The second kappa shape index (κ2) is 8.77. The van der Waals surface area contributed by atoms with Crippen molar-refractivity contribution in [1.82, 2.24) is 0 Å². The van der Waals surface area contributed by atoms with Gasteiger partial charge in [0.15, 0.2) is 18.2 Å². The molecule has 6 N–H and O–H groups in total. The molecule has 0 saturated carbocycles. The Morgan fingerprint density at radius 2 is 1.44 bits per heavy atom. The first-order valence-electron chi connectivity index (χ1n) is 11.0. The summed E-state index contributed by atoms with van der Waals surface area (Å²) in [5, 5.41) is 54.4. The maximum Gasteiger partial charge on any atom is 0.397 e. The molecule has 14 nitrogen and oxygen atoms in total. The van der Waals surface area contributed by atoms with Gasteiger partial charge in [-0.15, -0.1) is 0 Å². The first kappa shape index (κ1) is 31.2. The molecule has 0 aliphatic carbocycles. The van der Waals surface area contributed by atoms with Gasteiger partial charge in [-0.1, -0.05) is 13.8 Å². The Hall–Kier alpha value is -0.980. The van der Waals surface area contributed by atoms with Crippen LogP contribution in [0.15, 0.2) is 0 Å². The van der Waals surface area contributed by atoms with Crippen molar-refractivity contribution < 1.29 is 66.4 Å². The van der Waals surface area contributed by atoms with E-state index in [9.17, 15) is 38.7 Å². The molecule has 9 atom stereocenters. The fourth-order valence-electron chi connectivity index (χ4n) is 4.91. The van der Waals surface area contributed by atoms with E-state index in [0.717, 1.165) is 27.7 Å². The summed E-state index contributed by atoms with van der Waals surface area (Å²) >= 11 is 0. The molecule has 2 heterocycles. The highest BCUT2D eigenvalue weighted by atomic mass is 32.3. The van der Waals surface area contributed by atoms with Crippen molar-refractivity contribution in [3.05, 3.63) is 0 Å². The standard InChI is InChI=1S/C21H38O14S/c1-15(2)14(34-16(3,10-32-36(28,29)30)11(31-9)17(15,4)25)35-21(8)19(6,12(22)23)33-13(24)18(5,26)20(21,7)27/h11,13-14,24-27H,10H2,1-9H3,(H,22,23)(H,28,29,30). The Morgan fingerprint density at radius 1 is 0.944 bits per heavy atom. The number of ether oxygens (including phenoxy) is 4. The Bertz CT molecular complexity index is 975. The Kier molecular flexibility index (Phi) is 7.61. The molecular formula is C21H38O14S. The minimum atomic E-state index is -4.94. The van der Waals surface area contributed by atoms with Gasteiger partial charge in [-0.3, -0.25) is 4.55 Å². The average molecular weight is 547 g/mol. The van der Waals surface area contributed by atoms with Crippen molar-refractivity contribution >= 4 is 16.4 Å². The summed E-state index contributed by atoms with van der Waals surface area (Å²) in [5.41, 5.74) is -15.0. The van der Waals surface area contributed by atoms with Crippen molar-refractivity contribution in [2.75, 3.05) is 13.7 Å². The molecule has 0 aromatic carbocycles. The van der Waals surface area contributed by atoms with Gasteiger partial charge in [0.25, 0.3) is 0 Å². The van der Waals surface area contributed by atoms with Gasteiger partial charge < -0.3 is 44.5 Å². The fraction of sp³-hybridized carbons (Fsp3) is 0.952. The number of hydrogen-bond acceptors (Lipinski definition) is 12. The Balaban J connectivity index is 2.71. The number of aliphatic carboxylic acids is 1. The number of carboxylic acid groups (broad SMARTS) is 1. The van der Waals surface area contributed by atoms with Crippen LogP contribution in [0.25, 0.3) is 0 Å². The van der Waals surface area contributed by atoms with E-state index in [0.29, 0.717) is 0 Å². The molecule has 212 valence electrons. The van der Waals surface area contributed by atoms with Gasteiger partial charge in [-0.2, -0.15) is 8.42 Å². The Morgan fingerprint density at radius 3 is 1.86 bits per heavy atom. The summed E-state index contributed by atoms with van der Waals surface area (Å²) in [4.78, 5) is 12.4. The molecule has 0 radical (unpaired) electrons. The molecule has 2 saturated heterocycles. The second-order valence-corrected chi connectivity index (χ2v) is 12.2. The predicted octanol–water partition coefficient (Wildman–Crippen LogP) is -0.818. The molecule has 0 bridgehead atoms. The summed E-state index contributed by atoms with van der Waals surface area (Å²) in [6.07, 6.45) is -5.05. The van der Waals surface area contributed by atoms with Gasteiger partial charge in [0.1, 0.15) is 40.7 Å².